The number of methoxy groups -OCH3 is 1. The van der Waals surface area contributed by atoms with E-state index in [1.54, 1.807) is 49.4 Å². The molecular weight excluding hydrogens is 553 g/mol. The number of phenolic OH excluding ortho intramolecular Hbond substituents is 1. The van der Waals surface area contributed by atoms with Crippen LogP contribution >= 0.6 is 23.2 Å². The Morgan fingerprint density at radius 3 is 2.39 bits per heavy atom. The number of fused-ring (bicyclic) bond motifs is 1. The van der Waals surface area contributed by atoms with E-state index in [9.17, 15) is 22.9 Å². The van der Waals surface area contributed by atoms with Crippen LogP contribution in [0.4, 0.5) is 17.1 Å². The summed E-state index contributed by atoms with van der Waals surface area (Å²) in [4.78, 5) is 12.8. The van der Waals surface area contributed by atoms with Gasteiger partial charge in [-0.1, -0.05) is 60.5 Å². The number of hydrogen-bond donors (Lipinski definition) is 3. The van der Waals surface area contributed by atoms with Crippen LogP contribution in [0.25, 0.3) is 10.8 Å². The number of anilines is 1. The van der Waals surface area contributed by atoms with Gasteiger partial charge in [0.05, 0.1) is 23.4 Å². The third-order valence-corrected chi connectivity index (χ3v) is 7.27. The zero-order valence-electron chi connectivity index (χ0n) is 20.1. The van der Waals surface area contributed by atoms with Crippen molar-refractivity contribution in [3.63, 3.8) is 0 Å². The molecule has 0 spiro atoms. The summed E-state index contributed by atoms with van der Waals surface area (Å²) in [6.07, 6.45) is 0.285. The van der Waals surface area contributed by atoms with Crippen molar-refractivity contribution in [3.8, 4) is 11.5 Å². The number of aromatic hydroxyl groups is 1. The van der Waals surface area contributed by atoms with Gasteiger partial charge in [0.1, 0.15) is 16.3 Å². The number of ether oxygens (including phenoxy) is 1. The molecule has 0 radical (unpaired) electrons. The van der Waals surface area contributed by atoms with Crippen molar-refractivity contribution in [2.24, 2.45) is 10.2 Å². The third-order valence-electron chi connectivity index (χ3n) is 5.73. The van der Waals surface area contributed by atoms with Crippen LogP contribution in [0.3, 0.4) is 0 Å². The van der Waals surface area contributed by atoms with Crippen molar-refractivity contribution in [3.05, 3.63) is 81.8 Å². The average Bonchev–Trinajstić information content (AvgIpc) is 2.87. The van der Waals surface area contributed by atoms with E-state index in [1.807, 2.05) is 0 Å². The molecule has 3 N–H and O–H groups in total. The molecule has 38 heavy (non-hydrogen) atoms. The van der Waals surface area contributed by atoms with Crippen LogP contribution in [0.2, 0.25) is 10.0 Å². The molecule has 0 aliphatic heterocycles. The van der Waals surface area contributed by atoms with Crippen LogP contribution in [0.15, 0.2) is 75.8 Å². The van der Waals surface area contributed by atoms with Gasteiger partial charge < -0.3 is 15.2 Å². The first kappa shape index (κ1) is 27.3. The smallest absolute Gasteiger partial charge is 0.296 e. The Morgan fingerprint density at radius 1 is 1.00 bits per heavy atom. The van der Waals surface area contributed by atoms with E-state index in [1.165, 1.54) is 19.2 Å². The van der Waals surface area contributed by atoms with Crippen molar-refractivity contribution in [1.29, 1.82) is 0 Å². The third kappa shape index (κ3) is 5.30. The maximum atomic E-state index is 13.2. The lowest BCUT2D eigenvalue weighted by Crippen LogP contribution is -2.13. The predicted molar refractivity (Wildman–Crippen MR) is 146 cm³/mol. The topological polar surface area (TPSA) is 138 Å². The number of para-hydroxylation sites is 1. The summed E-state index contributed by atoms with van der Waals surface area (Å²) in [5.41, 5.74) is 0.219. The molecule has 0 saturated heterocycles. The number of phenols is 1. The summed E-state index contributed by atoms with van der Waals surface area (Å²) >= 11 is 12.4. The van der Waals surface area contributed by atoms with Crippen molar-refractivity contribution in [2.45, 2.75) is 18.2 Å². The van der Waals surface area contributed by atoms with E-state index in [0.717, 1.165) is 6.07 Å². The van der Waals surface area contributed by atoms with Crippen LogP contribution in [-0.2, 0) is 16.5 Å². The van der Waals surface area contributed by atoms with Crippen LogP contribution in [0, 0.1) is 0 Å². The maximum Gasteiger partial charge on any atom is 0.296 e. The summed E-state index contributed by atoms with van der Waals surface area (Å²) in [7, 11) is -3.26. The van der Waals surface area contributed by atoms with E-state index in [2.05, 4.69) is 15.5 Å². The van der Waals surface area contributed by atoms with Gasteiger partial charge >= 0.3 is 0 Å². The van der Waals surface area contributed by atoms with Gasteiger partial charge in [0.25, 0.3) is 16.0 Å². The maximum absolute atomic E-state index is 13.2. The number of nitrogens with zero attached hydrogens (tertiary/aromatic N) is 2. The summed E-state index contributed by atoms with van der Waals surface area (Å²) in [5, 5.41) is 23.5. The quantitative estimate of drug-likeness (QED) is 0.156. The largest absolute Gasteiger partial charge is 0.505 e. The minimum absolute atomic E-state index is 0.0883. The molecule has 0 unspecified atom stereocenters. The van der Waals surface area contributed by atoms with Gasteiger partial charge in [-0.3, -0.25) is 9.35 Å². The number of azo groups is 1. The normalized spacial score (nSPS) is 11.7. The average molecular weight is 574 g/mol. The van der Waals surface area contributed by atoms with Gasteiger partial charge in [0.2, 0.25) is 0 Å². The molecule has 0 aliphatic carbocycles. The fourth-order valence-corrected chi connectivity index (χ4v) is 5.13. The fourth-order valence-electron chi connectivity index (χ4n) is 3.94. The first-order valence-corrected chi connectivity index (χ1v) is 13.4. The summed E-state index contributed by atoms with van der Waals surface area (Å²) in [6, 6.07) is 15.6. The highest BCUT2D eigenvalue weighted by Gasteiger charge is 2.23. The number of carbonyl (C=O) groups excluding carboxylic acids is 1. The Balaban J connectivity index is 1.88. The van der Waals surface area contributed by atoms with Gasteiger partial charge in [-0.25, -0.2) is 0 Å². The molecule has 4 rings (SSSR count). The van der Waals surface area contributed by atoms with E-state index in [-0.39, 0.29) is 44.8 Å². The molecule has 0 aromatic heterocycles. The highest BCUT2D eigenvalue weighted by molar-refractivity contribution is 7.86. The molecule has 4 aromatic carbocycles. The van der Waals surface area contributed by atoms with Gasteiger partial charge in [0, 0.05) is 10.4 Å². The molecule has 4 aromatic rings. The first-order valence-electron chi connectivity index (χ1n) is 11.2. The fraction of sp³-hybridized carbons (Fsp3) is 0.115. The Bertz CT molecular complexity index is 1710. The summed E-state index contributed by atoms with van der Waals surface area (Å²) in [6.45, 7) is 1.73. The van der Waals surface area contributed by atoms with E-state index < -0.39 is 26.7 Å². The van der Waals surface area contributed by atoms with Crippen LogP contribution < -0.4 is 10.1 Å². The lowest BCUT2D eigenvalue weighted by Gasteiger charge is -2.14. The lowest BCUT2D eigenvalue weighted by molar-refractivity contribution is 0.102. The second-order valence-electron chi connectivity index (χ2n) is 8.02. The number of carbonyl (C=O) groups is 1. The number of benzene rings is 4. The van der Waals surface area contributed by atoms with Gasteiger partial charge in [0.15, 0.2) is 11.5 Å². The Morgan fingerprint density at radius 2 is 1.71 bits per heavy atom. The second kappa shape index (κ2) is 11.0. The number of amides is 1. The molecule has 0 atom stereocenters. The van der Waals surface area contributed by atoms with Crippen LogP contribution in [-0.4, -0.2) is 31.1 Å². The number of nitrogens with one attached hydrogen (secondary N) is 1. The molecule has 0 aliphatic rings. The van der Waals surface area contributed by atoms with Crippen molar-refractivity contribution in [2.75, 3.05) is 12.4 Å². The summed E-state index contributed by atoms with van der Waals surface area (Å²) < 4.78 is 39.0. The van der Waals surface area contributed by atoms with Crippen molar-refractivity contribution < 1.29 is 27.6 Å². The van der Waals surface area contributed by atoms with Gasteiger partial charge in [-0.15, -0.1) is 10.2 Å². The van der Waals surface area contributed by atoms with E-state index in [0.29, 0.717) is 16.3 Å². The molecule has 1 amide bonds. The number of halogens is 2. The number of rotatable bonds is 7. The monoisotopic (exact) mass is 573 g/mol. The van der Waals surface area contributed by atoms with Gasteiger partial charge in [-0.05, 0) is 47.7 Å². The Hall–Kier alpha value is -3.70. The molecule has 0 heterocycles. The SMILES string of the molecule is CCc1c(Cl)ccc(S(=O)(=O)O)c1N=Nc1c(O)c(C(=O)Nc2cccc(Cl)c2OC)cc2ccccc12. The van der Waals surface area contributed by atoms with E-state index >= 15 is 0 Å². The Kier molecular flexibility index (Phi) is 7.89. The Labute approximate surface area is 228 Å². The summed E-state index contributed by atoms with van der Waals surface area (Å²) in [5.74, 6) is -0.936. The number of hydrogen-bond acceptors (Lipinski definition) is 7. The molecule has 0 fully saturated rings. The molecule has 196 valence electrons. The lowest BCUT2D eigenvalue weighted by atomic mass is 10.0. The molecular formula is C26H21Cl2N3O6S. The predicted octanol–water partition coefficient (Wildman–Crippen LogP) is 7.34. The standard InChI is InChI=1S/C26H21Cl2N3O6S/c1-3-15-18(27)11-12-21(38(34,35)36)22(15)30-31-23-16-8-5-4-7-14(16)13-17(24(23)32)26(33)29-20-10-6-9-19(28)25(20)37-2/h4-13,32H,3H2,1-2H3,(H,29,33)(H,34,35,36). The molecule has 0 saturated carbocycles. The van der Waals surface area contributed by atoms with Crippen LogP contribution in [0.5, 0.6) is 11.5 Å². The van der Waals surface area contributed by atoms with Crippen LogP contribution in [0.1, 0.15) is 22.8 Å². The first-order chi connectivity index (χ1) is 18.1. The molecule has 0 bridgehead atoms. The highest BCUT2D eigenvalue weighted by Crippen LogP contribution is 2.42. The van der Waals surface area contributed by atoms with Crippen molar-refractivity contribution >= 4 is 67.1 Å². The minimum Gasteiger partial charge on any atom is -0.505 e. The minimum atomic E-state index is -4.67. The zero-order valence-corrected chi connectivity index (χ0v) is 22.4. The van der Waals surface area contributed by atoms with Crippen molar-refractivity contribution in [1.82, 2.24) is 0 Å². The highest BCUT2D eigenvalue weighted by atomic mass is 35.5. The molecule has 9 nitrogen and oxygen atoms in total. The molecule has 12 heteroatoms. The van der Waals surface area contributed by atoms with E-state index in [4.69, 9.17) is 27.9 Å². The second-order valence-corrected chi connectivity index (χ2v) is 10.2. The van der Waals surface area contributed by atoms with Gasteiger partial charge in [-0.2, -0.15) is 8.42 Å². The zero-order chi connectivity index (χ0) is 27.6.